The van der Waals surface area contributed by atoms with Crippen LogP contribution >= 0.6 is 0 Å². The van der Waals surface area contributed by atoms with Crippen LogP contribution in [-0.4, -0.2) is 26.4 Å². The zero-order valence-electron chi connectivity index (χ0n) is 8.74. The lowest BCUT2D eigenvalue weighted by molar-refractivity contribution is 0.161. The van der Waals surface area contributed by atoms with E-state index in [9.17, 15) is 0 Å². The molecule has 0 radical (unpaired) electrons. The van der Waals surface area contributed by atoms with Crippen molar-refractivity contribution >= 4 is 5.69 Å². The molecule has 1 rings (SSSR count). The first kappa shape index (κ1) is 10.8. The summed E-state index contributed by atoms with van der Waals surface area (Å²) in [6, 6.07) is 5.76. The first-order valence-electron chi connectivity index (χ1n) is 4.40. The third kappa shape index (κ3) is 2.37. The molecule has 1 aromatic rings. The largest absolute Gasteiger partial charge is 0.497 e. The van der Waals surface area contributed by atoms with Gasteiger partial charge in [0.1, 0.15) is 5.75 Å². The van der Waals surface area contributed by atoms with E-state index in [0.717, 1.165) is 17.0 Å². The predicted octanol–water partition coefficient (Wildman–Crippen LogP) is 1.24. The summed E-state index contributed by atoms with van der Waals surface area (Å²) in [5.41, 5.74) is 4.21. The number of nitrogens with zero attached hydrogens (tertiary/aromatic N) is 1. The summed E-state index contributed by atoms with van der Waals surface area (Å²) in [5.74, 6) is 0.792. The van der Waals surface area contributed by atoms with Crippen LogP contribution in [0.3, 0.4) is 0 Å². The van der Waals surface area contributed by atoms with E-state index in [2.05, 4.69) is 5.48 Å². The lowest BCUT2D eigenvalue weighted by Crippen LogP contribution is -2.15. The minimum atomic E-state index is 0.407. The second kappa shape index (κ2) is 4.83. The van der Waals surface area contributed by atoms with Crippen LogP contribution in [-0.2, 0) is 6.54 Å². The van der Waals surface area contributed by atoms with Gasteiger partial charge in [-0.2, -0.15) is 0 Å². The number of rotatable bonds is 4. The van der Waals surface area contributed by atoms with Gasteiger partial charge < -0.3 is 14.8 Å². The van der Waals surface area contributed by atoms with Crippen molar-refractivity contribution < 1.29 is 9.94 Å². The van der Waals surface area contributed by atoms with Gasteiger partial charge in [-0.3, -0.25) is 0 Å². The van der Waals surface area contributed by atoms with E-state index in [1.54, 1.807) is 7.11 Å². The summed E-state index contributed by atoms with van der Waals surface area (Å²) >= 11 is 0. The predicted molar refractivity (Wildman–Crippen MR) is 55.9 cm³/mol. The molecule has 0 heterocycles. The number of benzene rings is 1. The molecule has 4 nitrogen and oxygen atoms in total. The minimum Gasteiger partial charge on any atom is -0.497 e. The highest BCUT2D eigenvalue weighted by molar-refractivity contribution is 5.55. The Morgan fingerprint density at radius 3 is 2.64 bits per heavy atom. The van der Waals surface area contributed by atoms with E-state index >= 15 is 0 Å². The van der Waals surface area contributed by atoms with E-state index in [-0.39, 0.29) is 0 Å². The third-order valence-electron chi connectivity index (χ3n) is 2.04. The molecule has 0 aliphatic heterocycles. The second-order valence-electron chi connectivity index (χ2n) is 3.22. The van der Waals surface area contributed by atoms with E-state index in [1.165, 1.54) is 0 Å². The van der Waals surface area contributed by atoms with E-state index in [4.69, 9.17) is 9.94 Å². The van der Waals surface area contributed by atoms with Gasteiger partial charge in [0.15, 0.2) is 0 Å². The maximum absolute atomic E-state index is 8.68. The van der Waals surface area contributed by atoms with Gasteiger partial charge in [-0.05, 0) is 23.8 Å². The number of hydrogen-bond donors (Lipinski definition) is 2. The highest BCUT2D eigenvalue weighted by Gasteiger charge is 2.05. The Kier molecular flexibility index (Phi) is 3.73. The zero-order valence-corrected chi connectivity index (χ0v) is 8.74. The van der Waals surface area contributed by atoms with Crippen molar-refractivity contribution in [1.82, 2.24) is 5.48 Å². The van der Waals surface area contributed by atoms with Crippen molar-refractivity contribution in [2.45, 2.75) is 6.54 Å². The van der Waals surface area contributed by atoms with E-state index < -0.39 is 0 Å². The van der Waals surface area contributed by atoms with Crippen LogP contribution in [0.2, 0.25) is 0 Å². The second-order valence-corrected chi connectivity index (χ2v) is 3.22. The number of nitrogens with one attached hydrogen (secondary N) is 1. The molecule has 0 bridgehead atoms. The Hall–Kier alpha value is -1.26. The maximum Gasteiger partial charge on any atom is 0.119 e. The maximum atomic E-state index is 8.68. The molecule has 0 fully saturated rings. The highest BCUT2D eigenvalue weighted by Crippen LogP contribution is 2.23. The molecule has 78 valence electrons. The van der Waals surface area contributed by atoms with Crippen molar-refractivity contribution in [3.8, 4) is 5.75 Å². The topological polar surface area (TPSA) is 44.7 Å². The Morgan fingerprint density at radius 2 is 2.14 bits per heavy atom. The number of hydrogen-bond acceptors (Lipinski definition) is 4. The number of hydroxylamine groups is 1. The number of ether oxygens (including phenoxy) is 1. The van der Waals surface area contributed by atoms with Gasteiger partial charge in [0.25, 0.3) is 0 Å². The summed E-state index contributed by atoms with van der Waals surface area (Å²) in [6.45, 7) is 0.407. The van der Waals surface area contributed by atoms with Crippen molar-refractivity contribution in [3.05, 3.63) is 23.8 Å². The first-order chi connectivity index (χ1) is 6.69. The average molecular weight is 196 g/mol. The summed E-state index contributed by atoms with van der Waals surface area (Å²) in [7, 11) is 5.55. The molecule has 14 heavy (non-hydrogen) atoms. The van der Waals surface area contributed by atoms with Crippen LogP contribution in [0.4, 0.5) is 5.69 Å². The van der Waals surface area contributed by atoms with Crippen LogP contribution < -0.4 is 15.1 Å². The van der Waals surface area contributed by atoms with Crippen LogP contribution in [0.1, 0.15) is 5.56 Å². The average Bonchev–Trinajstić information content (AvgIpc) is 2.17. The molecule has 0 saturated heterocycles. The molecule has 1 aromatic carbocycles. The summed E-state index contributed by atoms with van der Waals surface area (Å²) in [4.78, 5) is 1.99. The molecule has 0 saturated carbocycles. The van der Waals surface area contributed by atoms with Gasteiger partial charge >= 0.3 is 0 Å². The van der Waals surface area contributed by atoms with Gasteiger partial charge in [0.05, 0.1) is 7.11 Å². The summed E-state index contributed by atoms with van der Waals surface area (Å²) < 4.78 is 5.11. The molecule has 0 unspecified atom stereocenters. The molecule has 2 N–H and O–H groups in total. The van der Waals surface area contributed by atoms with Crippen molar-refractivity contribution in [1.29, 1.82) is 0 Å². The number of anilines is 1. The minimum absolute atomic E-state index is 0.407. The van der Waals surface area contributed by atoms with Gasteiger partial charge in [0, 0.05) is 26.3 Å². The number of methoxy groups -OCH3 is 1. The standard InChI is InChI=1S/C10H16N2O2/c1-12(2)10-5-4-9(14-3)6-8(10)7-11-13/h4-6,11,13H,7H2,1-3H3. The van der Waals surface area contributed by atoms with E-state index in [0.29, 0.717) is 6.54 Å². The quantitative estimate of drug-likeness (QED) is 0.711. The summed E-state index contributed by atoms with van der Waals surface area (Å²) in [6.07, 6.45) is 0. The normalized spacial score (nSPS) is 10.0. The van der Waals surface area contributed by atoms with E-state index in [1.807, 2.05) is 37.2 Å². The van der Waals surface area contributed by atoms with Crippen molar-refractivity contribution in [3.63, 3.8) is 0 Å². The van der Waals surface area contributed by atoms with Crippen LogP contribution in [0.15, 0.2) is 18.2 Å². The van der Waals surface area contributed by atoms with Crippen LogP contribution in [0.25, 0.3) is 0 Å². The first-order valence-corrected chi connectivity index (χ1v) is 4.40. The molecular weight excluding hydrogens is 180 g/mol. The Balaban J connectivity index is 3.03. The molecular formula is C10H16N2O2. The molecule has 0 amide bonds. The van der Waals surface area contributed by atoms with Crippen molar-refractivity contribution in [2.75, 3.05) is 26.1 Å². The molecule has 0 aromatic heterocycles. The monoisotopic (exact) mass is 196 g/mol. The van der Waals surface area contributed by atoms with Gasteiger partial charge in [-0.1, -0.05) is 0 Å². The lowest BCUT2D eigenvalue weighted by atomic mass is 10.1. The fourth-order valence-electron chi connectivity index (χ4n) is 1.35. The highest BCUT2D eigenvalue weighted by atomic mass is 16.5. The molecule has 0 atom stereocenters. The molecule has 0 aliphatic rings. The fraction of sp³-hybridized carbons (Fsp3) is 0.400. The Labute approximate surface area is 84.1 Å². The van der Waals surface area contributed by atoms with Gasteiger partial charge in [0.2, 0.25) is 0 Å². The van der Waals surface area contributed by atoms with Gasteiger partial charge in [-0.15, -0.1) is 0 Å². The molecule has 0 spiro atoms. The molecule has 0 aliphatic carbocycles. The zero-order chi connectivity index (χ0) is 10.6. The van der Waals surface area contributed by atoms with Gasteiger partial charge in [-0.25, -0.2) is 5.48 Å². The molecule has 4 heteroatoms. The fourth-order valence-corrected chi connectivity index (χ4v) is 1.35. The summed E-state index contributed by atoms with van der Waals surface area (Å²) in [5, 5.41) is 8.68. The lowest BCUT2D eigenvalue weighted by Gasteiger charge is -2.17. The van der Waals surface area contributed by atoms with Crippen LogP contribution in [0.5, 0.6) is 5.75 Å². The van der Waals surface area contributed by atoms with Crippen LogP contribution in [0, 0.1) is 0 Å². The third-order valence-corrected chi connectivity index (χ3v) is 2.04. The Bertz CT molecular complexity index is 300. The van der Waals surface area contributed by atoms with Crippen molar-refractivity contribution in [2.24, 2.45) is 0 Å². The SMILES string of the molecule is COc1ccc(N(C)C)c(CNO)c1. The Morgan fingerprint density at radius 1 is 1.43 bits per heavy atom. The smallest absolute Gasteiger partial charge is 0.119 e.